The summed E-state index contributed by atoms with van der Waals surface area (Å²) in [5.74, 6) is 2.63. The van der Waals surface area contributed by atoms with E-state index in [9.17, 15) is 0 Å². The predicted octanol–water partition coefficient (Wildman–Crippen LogP) is 5.07. The Morgan fingerprint density at radius 1 is 0.926 bits per heavy atom. The van der Waals surface area contributed by atoms with Crippen molar-refractivity contribution in [1.82, 2.24) is 9.97 Å². The fourth-order valence-corrected chi connectivity index (χ4v) is 2.85. The van der Waals surface area contributed by atoms with E-state index in [2.05, 4.69) is 47.7 Å². The van der Waals surface area contributed by atoms with Crippen LogP contribution in [0.5, 0.6) is 0 Å². The number of hydrogen-bond donors (Lipinski definition) is 2. The number of hydrogen-bond acceptors (Lipinski definition) is 5. The Morgan fingerprint density at radius 3 is 2.37 bits per heavy atom. The van der Waals surface area contributed by atoms with Crippen LogP contribution in [-0.4, -0.2) is 30.2 Å². The lowest BCUT2D eigenvalue weighted by Gasteiger charge is -2.15. The number of benzene rings is 2. The molecule has 0 unspecified atom stereocenters. The van der Waals surface area contributed by atoms with Crippen molar-refractivity contribution in [3.63, 3.8) is 0 Å². The van der Waals surface area contributed by atoms with E-state index in [1.54, 1.807) is 7.11 Å². The highest BCUT2D eigenvalue weighted by Crippen LogP contribution is 2.28. The number of rotatable bonds is 8. The third kappa shape index (κ3) is 5.05. The summed E-state index contributed by atoms with van der Waals surface area (Å²) >= 11 is 0. The van der Waals surface area contributed by atoms with Crippen molar-refractivity contribution < 1.29 is 4.74 Å². The lowest BCUT2D eigenvalue weighted by molar-refractivity contribution is 0.210. The fraction of sp³-hybridized carbons (Fsp3) is 0.273. The summed E-state index contributed by atoms with van der Waals surface area (Å²) in [5.41, 5.74) is 3.30. The number of methoxy groups -OCH3 is 1. The van der Waals surface area contributed by atoms with E-state index in [4.69, 9.17) is 9.72 Å². The van der Waals surface area contributed by atoms with Crippen LogP contribution in [-0.2, 0) is 4.74 Å². The molecule has 1 heterocycles. The number of nitrogens with one attached hydrogen (secondary N) is 2. The van der Waals surface area contributed by atoms with Gasteiger partial charge >= 0.3 is 0 Å². The smallest absolute Gasteiger partial charge is 0.163 e. The van der Waals surface area contributed by atoms with Gasteiger partial charge in [0.25, 0.3) is 0 Å². The standard InChI is InChI=1S/C22H26N4O/c1-16(2)18-11-7-8-12-19(18)24-21-15-20(23-13-14-27-3)25-22(26-21)17-9-5-4-6-10-17/h4-12,15-16H,13-14H2,1-3H3,(H2,23,24,25,26). The van der Waals surface area contributed by atoms with Crippen LogP contribution in [0.3, 0.4) is 0 Å². The lowest BCUT2D eigenvalue weighted by Crippen LogP contribution is -2.10. The Labute approximate surface area is 160 Å². The monoisotopic (exact) mass is 362 g/mol. The second kappa shape index (κ2) is 9.14. The van der Waals surface area contributed by atoms with Gasteiger partial charge in [-0.15, -0.1) is 0 Å². The summed E-state index contributed by atoms with van der Waals surface area (Å²) < 4.78 is 5.12. The molecule has 140 valence electrons. The molecule has 0 radical (unpaired) electrons. The van der Waals surface area contributed by atoms with Gasteiger partial charge in [-0.2, -0.15) is 0 Å². The maximum atomic E-state index is 5.12. The molecule has 0 aliphatic carbocycles. The van der Waals surface area contributed by atoms with Crippen molar-refractivity contribution in [2.45, 2.75) is 19.8 Å². The van der Waals surface area contributed by atoms with Crippen molar-refractivity contribution >= 4 is 17.3 Å². The number of anilines is 3. The minimum absolute atomic E-state index is 0.420. The maximum absolute atomic E-state index is 5.12. The summed E-state index contributed by atoms with van der Waals surface area (Å²) in [6, 6.07) is 20.2. The van der Waals surface area contributed by atoms with E-state index in [0.29, 0.717) is 24.9 Å². The maximum Gasteiger partial charge on any atom is 0.163 e. The minimum atomic E-state index is 0.420. The van der Waals surface area contributed by atoms with Gasteiger partial charge in [0, 0.05) is 31.0 Å². The van der Waals surface area contributed by atoms with Gasteiger partial charge in [0.2, 0.25) is 0 Å². The zero-order valence-corrected chi connectivity index (χ0v) is 16.1. The molecule has 5 heteroatoms. The van der Waals surface area contributed by atoms with E-state index < -0.39 is 0 Å². The Morgan fingerprint density at radius 2 is 1.63 bits per heavy atom. The molecule has 0 spiro atoms. The second-order valence-electron chi connectivity index (χ2n) is 6.61. The Hall–Kier alpha value is -2.92. The summed E-state index contributed by atoms with van der Waals surface area (Å²) in [6.07, 6.45) is 0. The predicted molar refractivity (Wildman–Crippen MR) is 112 cm³/mol. The molecule has 1 aromatic heterocycles. The normalized spacial score (nSPS) is 10.8. The Kier molecular flexibility index (Phi) is 6.39. The highest BCUT2D eigenvalue weighted by molar-refractivity contribution is 5.67. The van der Waals surface area contributed by atoms with Crippen LogP contribution in [0.4, 0.5) is 17.3 Å². The summed E-state index contributed by atoms with van der Waals surface area (Å²) in [4.78, 5) is 9.39. The van der Waals surface area contributed by atoms with Gasteiger partial charge in [0.05, 0.1) is 6.61 Å². The molecule has 0 saturated carbocycles. The van der Waals surface area contributed by atoms with Crippen LogP contribution in [0.25, 0.3) is 11.4 Å². The van der Waals surface area contributed by atoms with Gasteiger partial charge in [-0.3, -0.25) is 0 Å². The van der Waals surface area contributed by atoms with Crippen LogP contribution in [0.2, 0.25) is 0 Å². The van der Waals surface area contributed by atoms with E-state index in [0.717, 1.165) is 22.9 Å². The molecule has 0 bridgehead atoms. The van der Waals surface area contributed by atoms with Crippen molar-refractivity contribution in [2.24, 2.45) is 0 Å². The van der Waals surface area contributed by atoms with Crippen LogP contribution in [0.1, 0.15) is 25.3 Å². The van der Waals surface area contributed by atoms with Gasteiger partial charge in [-0.25, -0.2) is 9.97 Å². The average molecular weight is 362 g/mol. The molecule has 0 fully saturated rings. The van der Waals surface area contributed by atoms with Crippen LogP contribution < -0.4 is 10.6 Å². The van der Waals surface area contributed by atoms with Gasteiger partial charge in [0.1, 0.15) is 11.6 Å². The third-order valence-electron chi connectivity index (χ3n) is 4.22. The molecule has 2 N–H and O–H groups in total. The highest BCUT2D eigenvalue weighted by Gasteiger charge is 2.10. The van der Waals surface area contributed by atoms with Crippen molar-refractivity contribution in [1.29, 1.82) is 0 Å². The molecule has 3 aromatic rings. The molecule has 0 atom stereocenters. The van der Waals surface area contributed by atoms with E-state index in [1.807, 2.05) is 42.5 Å². The summed E-state index contributed by atoms with van der Waals surface area (Å²) in [6.45, 7) is 5.68. The molecule has 5 nitrogen and oxygen atoms in total. The molecule has 2 aromatic carbocycles. The molecular formula is C22H26N4O. The first-order valence-corrected chi connectivity index (χ1v) is 9.20. The Balaban J connectivity index is 1.95. The average Bonchev–Trinajstić information content (AvgIpc) is 2.69. The molecule has 0 aliphatic heterocycles. The molecule has 0 amide bonds. The number of nitrogens with zero attached hydrogens (tertiary/aromatic N) is 2. The third-order valence-corrected chi connectivity index (χ3v) is 4.22. The zero-order chi connectivity index (χ0) is 19.1. The summed E-state index contributed by atoms with van der Waals surface area (Å²) in [5, 5.41) is 6.78. The first-order chi connectivity index (χ1) is 13.2. The van der Waals surface area contributed by atoms with E-state index in [-0.39, 0.29) is 0 Å². The molecule has 27 heavy (non-hydrogen) atoms. The molecular weight excluding hydrogens is 336 g/mol. The van der Waals surface area contributed by atoms with E-state index >= 15 is 0 Å². The van der Waals surface area contributed by atoms with Gasteiger partial charge in [-0.1, -0.05) is 62.4 Å². The number of ether oxygens (including phenoxy) is 1. The number of para-hydroxylation sites is 1. The topological polar surface area (TPSA) is 59.1 Å². The molecule has 3 rings (SSSR count). The minimum Gasteiger partial charge on any atom is -0.383 e. The van der Waals surface area contributed by atoms with Gasteiger partial charge in [0.15, 0.2) is 5.82 Å². The quantitative estimate of drug-likeness (QED) is 0.548. The molecule has 0 saturated heterocycles. The second-order valence-corrected chi connectivity index (χ2v) is 6.61. The SMILES string of the molecule is COCCNc1cc(Nc2ccccc2C(C)C)nc(-c2ccccc2)n1. The highest BCUT2D eigenvalue weighted by atomic mass is 16.5. The first-order valence-electron chi connectivity index (χ1n) is 9.20. The van der Waals surface area contributed by atoms with Crippen LogP contribution in [0.15, 0.2) is 60.7 Å². The first kappa shape index (κ1) is 18.9. The number of aromatic nitrogens is 2. The van der Waals surface area contributed by atoms with Crippen molar-refractivity contribution in [3.8, 4) is 11.4 Å². The van der Waals surface area contributed by atoms with Crippen LogP contribution >= 0.6 is 0 Å². The van der Waals surface area contributed by atoms with Crippen molar-refractivity contribution in [2.75, 3.05) is 30.9 Å². The van der Waals surface area contributed by atoms with E-state index in [1.165, 1.54) is 5.56 Å². The van der Waals surface area contributed by atoms with Crippen LogP contribution in [0, 0.1) is 0 Å². The fourth-order valence-electron chi connectivity index (χ4n) is 2.85. The largest absolute Gasteiger partial charge is 0.383 e. The Bertz CT molecular complexity index is 865. The zero-order valence-electron chi connectivity index (χ0n) is 16.1. The van der Waals surface area contributed by atoms with Gasteiger partial charge in [-0.05, 0) is 17.5 Å². The molecule has 0 aliphatic rings. The van der Waals surface area contributed by atoms with Gasteiger partial charge < -0.3 is 15.4 Å². The lowest BCUT2D eigenvalue weighted by atomic mass is 10.0. The summed E-state index contributed by atoms with van der Waals surface area (Å²) in [7, 11) is 1.69. The van der Waals surface area contributed by atoms with Crippen molar-refractivity contribution in [3.05, 3.63) is 66.2 Å².